The maximum Gasteiger partial charge on any atom is 0.246 e. The molecule has 3 aromatic rings. The fraction of sp³-hybridized carbons (Fsp3) is 0.240. The molecule has 184 valence electrons. The molecule has 1 aliphatic rings. The van der Waals surface area contributed by atoms with Gasteiger partial charge in [-0.3, -0.25) is 4.79 Å². The number of carbonyl (C=O) groups excluding carboxylic acids is 1. The summed E-state index contributed by atoms with van der Waals surface area (Å²) in [4.78, 5) is 12.6. The van der Waals surface area contributed by atoms with Gasteiger partial charge in [0.15, 0.2) is 5.75 Å². The first-order chi connectivity index (χ1) is 17.0. The number of ether oxygens (including phenoxy) is 3. The first-order valence-corrected chi connectivity index (χ1v) is 12.5. The zero-order valence-corrected chi connectivity index (χ0v) is 20.1. The van der Waals surface area contributed by atoms with Crippen LogP contribution >= 0.6 is 0 Å². The lowest BCUT2D eigenvalue weighted by molar-refractivity contribution is -0.114. The molecule has 0 aromatic heterocycles. The van der Waals surface area contributed by atoms with Gasteiger partial charge in [0, 0.05) is 18.8 Å². The Morgan fingerprint density at radius 3 is 2.43 bits per heavy atom. The molecule has 9 nitrogen and oxygen atoms in total. The highest BCUT2D eigenvalue weighted by Gasteiger charge is 2.29. The van der Waals surface area contributed by atoms with Crippen LogP contribution in [-0.2, 0) is 19.6 Å². The number of para-hydroxylation sites is 3. The minimum Gasteiger partial charge on any atom is -0.495 e. The zero-order chi connectivity index (χ0) is 24.7. The lowest BCUT2D eigenvalue weighted by Gasteiger charge is -2.26. The number of sulfonamides is 1. The van der Waals surface area contributed by atoms with Gasteiger partial charge in [0.25, 0.3) is 0 Å². The summed E-state index contributed by atoms with van der Waals surface area (Å²) in [6, 6.07) is 21.2. The van der Waals surface area contributed by atoms with Crippen molar-refractivity contribution in [2.45, 2.75) is 4.90 Å². The van der Waals surface area contributed by atoms with Crippen molar-refractivity contribution in [3.05, 3.63) is 72.8 Å². The van der Waals surface area contributed by atoms with Gasteiger partial charge in [-0.05, 0) is 42.5 Å². The van der Waals surface area contributed by atoms with E-state index in [0.29, 0.717) is 36.1 Å². The monoisotopic (exact) mass is 497 g/mol. The van der Waals surface area contributed by atoms with Crippen LogP contribution in [0.5, 0.6) is 17.2 Å². The molecule has 0 atom stereocenters. The minimum atomic E-state index is -3.81. The maximum absolute atomic E-state index is 13.2. The van der Waals surface area contributed by atoms with Crippen molar-refractivity contribution >= 4 is 27.3 Å². The molecule has 0 spiro atoms. The lowest BCUT2D eigenvalue weighted by Crippen LogP contribution is -2.40. The Morgan fingerprint density at radius 2 is 1.69 bits per heavy atom. The summed E-state index contributed by atoms with van der Waals surface area (Å²) in [5.74, 6) is 1.12. The van der Waals surface area contributed by atoms with Gasteiger partial charge in [-0.2, -0.15) is 4.31 Å². The molecular weight excluding hydrogens is 470 g/mol. The zero-order valence-electron chi connectivity index (χ0n) is 19.3. The van der Waals surface area contributed by atoms with Gasteiger partial charge in [0.05, 0.1) is 32.6 Å². The summed E-state index contributed by atoms with van der Waals surface area (Å²) in [5.41, 5.74) is 0.995. The molecule has 3 aromatic carbocycles. The summed E-state index contributed by atoms with van der Waals surface area (Å²) < 4.78 is 44.1. The van der Waals surface area contributed by atoms with Gasteiger partial charge in [0.2, 0.25) is 15.9 Å². The number of amides is 1. The fourth-order valence-corrected chi connectivity index (χ4v) is 5.17. The summed E-state index contributed by atoms with van der Waals surface area (Å²) in [7, 11) is -2.40. The average Bonchev–Trinajstić information content (AvgIpc) is 2.89. The molecule has 1 heterocycles. The second-order valence-electron chi connectivity index (χ2n) is 7.70. The number of carbonyl (C=O) groups is 1. The third-order valence-corrected chi connectivity index (χ3v) is 7.25. The number of nitrogens with one attached hydrogen (secondary N) is 2. The molecule has 0 unspecified atom stereocenters. The number of benzene rings is 3. The van der Waals surface area contributed by atoms with Gasteiger partial charge in [-0.1, -0.05) is 30.3 Å². The van der Waals surface area contributed by atoms with Crippen molar-refractivity contribution in [3.8, 4) is 17.2 Å². The summed E-state index contributed by atoms with van der Waals surface area (Å²) in [6.45, 7) is 1.14. The third-order valence-electron chi connectivity index (χ3n) is 5.33. The molecular formula is C25H27N3O6S. The van der Waals surface area contributed by atoms with Crippen molar-refractivity contribution in [3.63, 3.8) is 0 Å². The van der Waals surface area contributed by atoms with E-state index in [4.69, 9.17) is 14.2 Å². The fourth-order valence-electron chi connectivity index (χ4n) is 3.58. The lowest BCUT2D eigenvalue weighted by atomic mass is 10.2. The highest BCUT2D eigenvalue weighted by molar-refractivity contribution is 7.89. The van der Waals surface area contributed by atoms with E-state index in [1.54, 1.807) is 12.1 Å². The first-order valence-electron chi connectivity index (χ1n) is 11.1. The smallest absolute Gasteiger partial charge is 0.246 e. The number of hydrogen-bond donors (Lipinski definition) is 2. The van der Waals surface area contributed by atoms with E-state index < -0.39 is 10.0 Å². The molecule has 1 aliphatic heterocycles. The molecule has 0 aliphatic carbocycles. The number of rotatable bonds is 9. The molecule has 1 saturated heterocycles. The van der Waals surface area contributed by atoms with Gasteiger partial charge in [-0.25, -0.2) is 8.42 Å². The van der Waals surface area contributed by atoms with Crippen LogP contribution in [-0.4, -0.2) is 58.6 Å². The number of nitrogens with zero attached hydrogens (tertiary/aromatic N) is 1. The van der Waals surface area contributed by atoms with Crippen LogP contribution < -0.4 is 20.1 Å². The largest absolute Gasteiger partial charge is 0.495 e. The Bertz CT molecular complexity index is 1260. The van der Waals surface area contributed by atoms with Crippen molar-refractivity contribution in [2.75, 3.05) is 50.6 Å². The van der Waals surface area contributed by atoms with E-state index in [2.05, 4.69) is 10.6 Å². The average molecular weight is 498 g/mol. The number of hydrogen-bond acceptors (Lipinski definition) is 7. The second kappa shape index (κ2) is 11.2. The second-order valence-corrected chi connectivity index (χ2v) is 9.60. The summed E-state index contributed by atoms with van der Waals surface area (Å²) in [6.07, 6.45) is 0. The molecule has 0 bridgehead atoms. The van der Waals surface area contributed by atoms with Crippen LogP contribution in [0.4, 0.5) is 11.4 Å². The Hall–Kier alpha value is -3.60. The molecule has 10 heteroatoms. The van der Waals surface area contributed by atoms with Crippen LogP contribution in [0.1, 0.15) is 0 Å². The van der Waals surface area contributed by atoms with Crippen LogP contribution in [0.25, 0.3) is 0 Å². The Balaban J connectivity index is 1.44. The predicted octanol–water partition coefficient (Wildman–Crippen LogP) is 3.56. The van der Waals surface area contributed by atoms with Crippen LogP contribution in [0, 0.1) is 0 Å². The van der Waals surface area contributed by atoms with E-state index in [-0.39, 0.29) is 36.2 Å². The Kier molecular flexibility index (Phi) is 7.86. The van der Waals surface area contributed by atoms with E-state index in [1.807, 2.05) is 48.5 Å². The standard InChI is InChI=1S/C25H27N3O6S/c1-32-23-12-11-19(17-24(23)35(30,31)28-13-15-33-16-14-28)27-25(29)18-26-21-9-5-6-10-22(21)34-20-7-3-2-4-8-20/h2-12,17,26H,13-16,18H2,1H3,(H,27,29). The Labute approximate surface area is 204 Å². The van der Waals surface area contributed by atoms with Crippen molar-refractivity contribution in [1.29, 1.82) is 0 Å². The predicted molar refractivity (Wildman–Crippen MR) is 133 cm³/mol. The van der Waals surface area contributed by atoms with E-state index in [1.165, 1.54) is 23.5 Å². The van der Waals surface area contributed by atoms with Crippen LogP contribution in [0.15, 0.2) is 77.7 Å². The highest BCUT2D eigenvalue weighted by Crippen LogP contribution is 2.31. The summed E-state index contributed by atoms with van der Waals surface area (Å²) >= 11 is 0. The molecule has 35 heavy (non-hydrogen) atoms. The minimum absolute atomic E-state index is 0.00531. The normalized spacial score (nSPS) is 14.2. The maximum atomic E-state index is 13.2. The quantitative estimate of drug-likeness (QED) is 0.466. The molecule has 1 amide bonds. The topological polar surface area (TPSA) is 106 Å². The van der Waals surface area contributed by atoms with Gasteiger partial charge in [0.1, 0.15) is 16.4 Å². The highest BCUT2D eigenvalue weighted by atomic mass is 32.2. The number of methoxy groups -OCH3 is 1. The molecule has 2 N–H and O–H groups in total. The van der Waals surface area contributed by atoms with Crippen LogP contribution in [0.2, 0.25) is 0 Å². The van der Waals surface area contributed by atoms with E-state index in [0.717, 1.165) is 0 Å². The van der Waals surface area contributed by atoms with Crippen LogP contribution in [0.3, 0.4) is 0 Å². The molecule has 0 radical (unpaired) electrons. The molecule has 4 rings (SSSR count). The SMILES string of the molecule is COc1ccc(NC(=O)CNc2ccccc2Oc2ccccc2)cc1S(=O)(=O)N1CCOCC1. The van der Waals surface area contributed by atoms with Crippen molar-refractivity contribution in [1.82, 2.24) is 4.31 Å². The van der Waals surface area contributed by atoms with E-state index in [9.17, 15) is 13.2 Å². The number of anilines is 2. The summed E-state index contributed by atoms with van der Waals surface area (Å²) in [5, 5.41) is 5.81. The first kappa shape index (κ1) is 24.5. The van der Waals surface area contributed by atoms with Gasteiger partial charge < -0.3 is 24.8 Å². The van der Waals surface area contributed by atoms with Crippen molar-refractivity contribution in [2.24, 2.45) is 0 Å². The van der Waals surface area contributed by atoms with Gasteiger partial charge >= 0.3 is 0 Å². The molecule has 1 fully saturated rings. The third kappa shape index (κ3) is 6.10. The van der Waals surface area contributed by atoms with Gasteiger partial charge in [-0.15, -0.1) is 0 Å². The number of morpholine rings is 1. The van der Waals surface area contributed by atoms with Crippen molar-refractivity contribution < 1.29 is 27.4 Å². The van der Waals surface area contributed by atoms with E-state index >= 15 is 0 Å². The molecule has 0 saturated carbocycles. The Morgan fingerprint density at radius 1 is 0.971 bits per heavy atom.